The lowest BCUT2D eigenvalue weighted by molar-refractivity contribution is -0.138. The number of rotatable bonds is 9. The Labute approximate surface area is 136 Å². The van der Waals surface area contributed by atoms with Gasteiger partial charge in [0.25, 0.3) is 11.8 Å². The molecule has 0 aromatic rings. The van der Waals surface area contributed by atoms with Crippen LogP contribution in [0.15, 0.2) is 12.2 Å². The lowest BCUT2D eigenvalue weighted by atomic mass is 10.3. The standard InChI is InChI=1S/C13H16N4O7/c18-8(3-4-17-11(21)1-2-12(17)22)14-5-9(19)15-6-10(20)16-7-13(23)24/h1-2H,3-7H2,(H,14,18)(H,15,19)(H,16,20)(H,23,24). The highest BCUT2D eigenvalue weighted by Gasteiger charge is 2.23. The van der Waals surface area contributed by atoms with Crippen LogP contribution < -0.4 is 16.0 Å². The van der Waals surface area contributed by atoms with Crippen LogP contribution in [-0.2, 0) is 28.8 Å². The average Bonchev–Trinajstić information content (AvgIpc) is 2.85. The largest absolute Gasteiger partial charge is 0.480 e. The minimum Gasteiger partial charge on any atom is -0.480 e. The normalized spacial score (nSPS) is 12.9. The van der Waals surface area contributed by atoms with Gasteiger partial charge in [-0.05, 0) is 0 Å². The third-order valence-corrected chi connectivity index (χ3v) is 2.79. The van der Waals surface area contributed by atoms with Crippen molar-refractivity contribution in [3.8, 4) is 0 Å². The van der Waals surface area contributed by atoms with Gasteiger partial charge in [0, 0.05) is 25.1 Å². The quantitative estimate of drug-likeness (QED) is 0.320. The highest BCUT2D eigenvalue weighted by molar-refractivity contribution is 6.13. The van der Waals surface area contributed by atoms with E-state index < -0.39 is 55.1 Å². The second kappa shape index (κ2) is 9.02. The van der Waals surface area contributed by atoms with Gasteiger partial charge < -0.3 is 21.1 Å². The predicted molar refractivity (Wildman–Crippen MR) is 77.1 cm³/mol. The topological polar surface area (TPSA) is 162 Å². The van der Waals surface area contributed by atoms with Crippen molar-refractivity contribution in [1.82, 2.24) is 20.9 Å². The van der Waals surface area contributed by atoms with Crippen molar-refractivity contribution < 1.29 is 33.9 Å². The molecule has 24 heavy (non-hydrogen) atoms. The summed E-state index contributed by atoms with van der Waals surface area (Å²) in [6, 6.07) is 0. The Hall–Kier alpha value is -3.24. The summed E-state index contributed by atoms with van der Waals surface area (Å²) in [5.41, 5.74) is 0. The maximum atomic E-state index is 11.5. The summed E-state index contributed by atoms with van der Waals surface area (Å²) in [6.07, 6.45) is 2.04. The van der Waals surface area contributed by atoms with Crippen molar-refractivity contribution in [1.29, 1.82) is 0 Å². The zero-order valence-corrected chi connectivity index (χ0v) is 12.5. The first kappa shape index (κ1) is 18.8. The van der Waals surface area contributed by atoms with Gasteiger partial charge >= 0.3 is 5.97 Å². The zero-order valence-electron chi connectivity index (χ0n) is 12.5. The molecule has 1 aliphatic rings. The molecule has 0 aliphatic carbocycles. The molecular formula is C13H16N4O7. The van der Waals surface area contributed by atoms with Gasteiger partial charge in [-0.25, -0.2) is 0 Å². The molecule has 0 saturated carbocycles. The second-order valence-corrected chi connectivity index (χ2v) is 4.64. The molecule has 0 unspecified atom stereocenters. The number of carboxylic acid groups (broad SMARTS) is 1. The third-order valence-electron chi connectivity index (χ3n) is 2.79. The number of imide groups is 1. The Morgan fingerprint density at radius 3 is 1.79 bits per heavy atom. The Morgan fingerprint density at radius 1 is 0.833 bits per heavy atom. The zero-order chi connectivity index (χ0) is 18.1. The summed E-state index contributed by atoms with van der Waals surface area (Å²) in [5.74, 6) is -4.10. The molecule has 4 N–H and O–H groups in total. The lowest BCUT2D eigenvalue weighted by Gasteiger charge is -2.13. The van der Waals surface area contributed by atoms with E-state index in [0.29, 0.717) is 0 Å². The number of amides is 5. The van der Waals surface area contributed by atoms with E-state index in [1.54, 1.807) is 0 Å². The molecule has 1 rings (SSSR count). The van der Waals surface area contributed by atoms with E-state index in [1.807, 2.05) is 5.32 Å². The fourth-order valence-corrected chi connectivity index (χ4v) is 1.61. The fourth-order valence-electron chi connectivity index (χ4n) is 1.61. The van der Waals surface area contributed by atoms with E-state index in [9.17, 15) is 28.8 Å². The molecule has 0 aromatic carbocycles. The number of carboxylic acids is 1. The molecule has 130 valence electrons. The average molecular weight is 340 g/mol. The molecule has 1 heterocycles. The number of hydrogen-bond acceptors (Lipinski definition) is 6. The van der Waals surface area contributed by atoms with Gasteiger partial charge in [-0.2, -0.15) is 0 Å². The molecule has 1 aliphatic heterocycles. The fraction of sp³-hybridized carbons (Fsp3) is 0.385. The third kappa shape index (κ3) is 6.68. The number of carbonyl (C=O) groups is 6. The Morgan fingerprint density at radius 2 is 1.29 bits per heavy atom. The van der Waals surface area contributed by atoms with Gasteiger partial charge in [-0.1, -0.05) is 0 Å². The molecule has 11 heteroatoms. The van der Waals surface area contributed by atoms with E-state index in [4.69, 9.17) is 5.11 Å². The summed E-state index contributed by atoms with van der Waals surface area (Å²) in [5, 5.41) is 14.8. The van der Waals surface area contributed by atoms with E-state index in [1.165, 1.54) is 0 Å². The number of nitrogens with one attached hydrogen (secondary N) is 3. The van der Waals surface area contributed by atoms with Crippen LogP contribution in [0.5, 0.6) is 0 Å². The van der Waals surface area contributed by atoms with Gasteiger partial charge in [0.1, 0.15) is 6.54 Å². The van der Waals surface area contributed by atoms with Crippen LogP contribution in [-0.4, -0.2) is 71.7 Å². The summed E-state index contributed by atoms with van der Waals surface area (Å²) in [4.78, 5) is 67.7. The maximum absolute atomic E-state index is 11.5. The Kier molecular flexibility index (Phi) is 7.07. The molecule has 5 amide bonds. The SMILES string of the molecule is O=C(O)CNC(=O)CNC(=O)CNC(=O)CCN1C(=O)C=CC1=O. The van der Waals surface area contributed by atoms with E-state index >= 15 is 0 Å². The van der Waals surface area contributed by atoms with Crippen molar-refractivity contribution in [2.45, 2.75) is 6.42 Å². The first-order valence-corrected chi connectivity index (χ1v) is 6.85. The van der Waals surface area contributed by atoms with Crippen LogP contribution in [0, 0.1) is 0 Å². The molecule has 0 spiro atoms. The Bertz CT molecular complexity index is 581. The molecule has 0 fully saturated rings. The monoisotopic (exact) mass is 340 g/mol. The van der Waals surface area contributed by atoms with Crippen molar-refractivity contribution in [2.75, 3.05) is 26.2 Å². The number of carbonyl (C=O) groups excluding carboxylic acids is 5. The minimum absolute atomic E-state index is 0.101. The van der Waals surface area contributed by atoms with Gasteiger partial charge in [-0.3, -0.25) is 33.7 Å². The molecule has 0 radical (unpaired) electrons. The molecule has 0 aromatic heterocycles. The van der Waals surface area contributed by atoms with Crippen LogP contribution in [0.2, 0.25) is 0 Å². The molecule has 0 saturated heterocycles. The van der Waals surface area contributed by atoms with Crippen molar-refractivity contribution in [2.24, 2.45) is 0 Å². The maximum Gasteiger partial charge on any atom is 0.322 e. The van der Waals surface area contributed by atoms with E-state index in [0.717, 1.165) is 17.1 Å². The van der Waals surface area contributed by atoms with Crippen molar-refractivity contribution in [3.63, 3.8) is 0 Å². The lowest BCUT2D eigenvalue weighted by Crippen LogP contribution is -2.43. The number of nitrogens with zero attached hydrogens (tertiary/aromatic N) is 1. The summed E-state index contributed by atoms with van der Waals surface area (Å²) in [6.45, 7) is -1.49. The number of aliphatic carboxylic acids is 1. The van der Waals surface area contributed by atoms with Crippen LogP contribution in [0.25, 0.3) is 0 Å². The van der Waals surface area contributed by atoms with Gasteiger partial charge in [0.05, 0.1) is 13.1 Å². The predicted octanol–water partition coefficient (Wildman–Crippen LogP) is -3.27. The van der Waals surface area contributed by atoms with Crippen LogP contribution in [0.4, 0.5) is 0 Å². The highest BCUT2D eigenvalue weighted by atomic mass is 16.4. The van der Waals surface area contributed by atoms with Gasteiger partial charge in [0.15, 0.2) is 0 Å². The molecule has 11 nitrogen and oxygen atoms in total. The molecule has 0 atom stereocenters. The van der Waals surface area contributed by atoms with Crippen LogP contribution in [0.1, 0.15) is 6.42 Å². The van der Waals surface area contributed by atoms with E-state index in [2.05, 4.69) is 10.6 Å². The van der Waals surface area contributed by atoms with Crippen LogP contribution in [0.3, 0.4) is 0 Å². The first-order valence-electron chi connectivity index (χ1n) is 6.85. The first-order chi connectivity index (χ1) is 11.3. The minimum atomic E-state index is -1.22. The smallest absolute Gasteiger partial charge is 0.322 e. The molecule has 0 bridgehead atoms. The van der Waals surface area contributed by atoms with Crippen LogP contribution >= 0.6 is 0 Å². The van der Waals surface area contributed by atoms with Gasteiger partial charge in [0.2, 0.25) is 17.7 Å². The second-order valence-electron chi connectivity index (χ2n) is 4.64. The number of hydrogen-bond donors (Lipinski definition) is 4. The Balaban J connectivity index is 2.16. The van der Waals surface area contributed by atoms with E-state index in [-0.39, 0.29) is 13.0 Å². The van der Waals surface area contributed by atoms with Crippen molar-refractivity contribution >= 4 is 35.5 Å². The van der Waals surface area contributed by atoms with Gasteiger partial charge in [-0.15, -0.1) is 0 Å². The highest BCUT2D eigenvalue weighted by Crippen LogP contribution is 2.03. The summed E-state index contributed by atoms with van der Waals surface area (Å²) >= 11 is 0. The van der Waals surface area contributed by atoms with Crippen molar-refractivity contribution in [3.05, 3.63) is 12.2 Å². The molecular weight excluding hydrogens is 324 g/mol. The summed E-state index contributed by atoms with van der Waals surface area (Å²) in [7, 11) is 0. The summed E-state index contributed by atoms with van der Waals surface area (Å²) < 4.78 is 0.